The minimum Gasteiger partial charge on any atom is -0.487 e. The first-order valence-corrected chi connectivity index (χ1v) is 12.0. The van der Waals surface area contributed by atoms with Gasteiger partial charge in [0.25, 0.3) is 0 Å². The first kappa shape index (κ1) is 20.4. The van der Waals surface area contributed by atoms with Crippen LogP contribution in [0.3, 0.4) is 0 Å². The fourth-order valence-corrected chi connectivity index (χ4v) is 4.80. The Bertz CT molecular complexity index is 743. The van der Waals surface area contributed by atoms with Gasteiger partial charge in [0.15, 0.2) is 0 Å². The topological polar surface area (TPSA) is 84.7 Å². The van der Waals surface area contributed by atoms with Gasteiger partial charge in [0, 0.05) is 36.8 Å². The molecule has 0 saturated carbocycles. The van der Waals surface area contributed by atoms with Crippen molar-refractivity contribution in [1.29, 1.82) is 0 Å². The Morgan fingerprint density at radius 3 is 2.67 bits per heavy atom. The first-order valence-electron chi connectivity index (χ1n) is 10.1. The molecule has 0 amide bonds. The molecule has 1 saturated heterocycles. The zero-order valence-corrected chi connectivity index (χ0v) is 17.4. The van der Waals surface area contributed by atoms with Crippen LogP contribution in [0.2, 0.25) is 0 Å². The summed E-state index contributed by atoms with van der Waals surface area (Å²) in [7, 11) is -3.30. The van der Waals surface area contributed by atoms with E-state index in [1.54, 1.807) is 12.1 Å². The molecule has 0 aliphatic carbocycles. The molecule has 6 nitrogen and oxygen atoms in total. The van der Waals surface area contributed by atoms with Gasteiger partial charge in [-0.1, -0.05) is 26.2 Å². The third-order valence-corrected chi connectivity index (χ3v) is 6.33. The second-order valence-electron chi connectivity index (χ2n) is 8.12. The maximum absolute atomic E-state index is 11.5. The third-order valence-electron chi connectivity index (χ3n) is 5.73. The SMILES string of the molecule is CCCCCCN1CCC2(CC1)CC(N)c1cc(NS(C)(=O)=O)ccc1O2. The number of likely N-dealkylation sites (tertiary alicyclic amines) is 1. The molecule has 3 rings (SSSR count). The minimum absolute atomic E-state index is 0.133. The predicted octanol–water partition coefficient (Wildman–Crippen LogP) is 3.26. The van der Waals surface area contributed by atoms with Crippen LogP contribution >= 0.6 is 0 Å². The lowest BCUT2D eigenvalue weighted by Gasteiger charge is -2.46. The number of ether oxygens (including phenoxy) is 1. The summed E-state index contributed by atoms with van der Waals surface area (Å²) in [6, 6.07) is 5.26. The average Bonchev–Trinajstić information content (AvgIpc) is 2.60. The fraction of sp³-hybridized carbons (Fsp3) is 0.700. The Labute approximate surface area is 163 Å². The van der Waals surface area contributed by atoms with E-state index in [0.717, 1.165) is 49.9 Å². The van der Waals surface area contributed by atoms with Crippen LogP contribution in [-0.2, 0) is 10.0 Å². The molecular formula is C20H33N3O3S. The highest BCUT2D eigenvalue weighted by Crippen LogP contribution is 2.44. The number of anilines is 1. The number of nitrogens with zero attached hydrogens (tertiary/aromatic N) is 1. The number of piperidine rings is 1. The lowest BCUT2D eigenvalue weighted by molar-refractivity contribution is -0.0218. The standard InChI is InChI=1S/C20H33N3O3S/c1-3-4-5-6-11-23-12-9-20(10-13-23)15-18(21)17-14-16(22-27(2,24)25)7-8-19(17)26-20/h7-8,14,18,22H,3-6,9-13,15,21H2,1-2H3. The van der Waals surface area contributed by atoms with Crippen LogP contribution in [0.5, 0.6) is 5.75 Å². The summed E-state index contributed by atoms with van der Waals surface area (Å²) in [5.41, 5.74) is 7.70. The number of rotatable bonds is 7. The molecule has 2 heterocycles. The lowest BCUT2D eigenvalue weighted by Crippen LogP contribution is -2.51. The van der Waals surface area contributed by atoms with Gasteiger partial charge >= 0.3 is 0 Å². The molecule has 1 aromatic rings. The van der Waals surface area contributed by atoms with Crippen LogP contribution in [0.1, 0.15) is 63.5 Å². The van der Waals surface area contributed by atoms with Crippen LogP contribution < -0.4 is 15.2 Å². The molecule has 27 heavy (non-hydrogen) atoms. The predicted molar refractivity (Wildman–Crippen MR) is 110 cm³/mol. The van der Waals surface area contributed by atoms with Crippen LogP contribution in [0, 0.1) is 0 Å². The van der Waals surface area contributed by atoms with Crippen molar-refractivity contribution in [2.45, 2.75) is 63.5 Å². The maximum atomic E-state index is 11.5. The van der Waals surface area contributed by atoms with Crippen LogP contribution in [0.25, 0.3) is 0 Å². The van der Waals surface area contributed by atoms with Gasteiger partial charge in [-0.2, -0.15) is 0 Å². The van der Waals surface area contributed by atoms with Gasteiger partial charge in [-0.15, -0.1) is 0 Å². The molecule has 152 valence electrons. The monoisotopic (exact) mass is 395 g/mol. The quantitative estimate of drug-likeness (QED) is 0.692. The van der Waals surface area contributed by atoms with E-state index in [2.05, 4.69) is 16.5 Å². The molecule has 2 aliphatic heterocycles. The van der Waals surface area contributed by atoms with Gasteiger partial charge in [-0.05, 0) is 44.0 Å². The molecule has 7 heteroatoms. The smallest absolute Gasteiger partial charge is 0.229 e. The molecule has 1 fully saturated rings. The molecule has 0 radical (unpaired) electrons. The Kier molecular flexibility index (Phi) is 6.33. The number of hydrogen-bond acceptors (Lipinski definition) is 5. The minimum atomic E-state index is -3.30. The van der Waals surface area contributed by atoms with Crippen molar-refractivity contribution >= 4 is 15.7 Å². The summed E-state index contributed by atoms with van der Waals surface area (Å²) in [4.78, 5) is 2.55. The van der Waals surface area contributed by atoms with Crippen molar-refractivity contribution in [3.8, 4) is 5.75 Å². The molecule has 1 spiro atoms. The number of nitrogens with one attached hydrogen (secondary N) is 1. The van der Waals surface area contributed by atoms with Crippen molar-refractivity contribution in [1.82, 2.24) is 4.90 Å². The molecule has 3 N–H and O–H groups in total. The molecule has 1 atom stereocenters. The number of nitrogens with two attached hydrogens (primary N) is 1. The first-order chi connectivity index (χ1) is 12.8. The highest BCUT2D eigenvalue weighted by Gasteiger charge is 2.42. The highest BCUT2D eigenvalue weighted by molar-refractivity contribution is 7.92. The van der Waals surface area contributed by atoms with Gasteiger partial charge in [-0.3, -0.25) is 4.72 Å². The summed E-state index contributed by atoms with van der Waals surface area (Å²) in [6.45, 7) is 5.54. The van der Waals surface area contributed by atoms with Crippen molar-refractivity contribution in [3.63, 3.8) is 0 Å². The number of hydrogen-bond donors (Lipinski definition) is 2. The zero-order valence-electron chi connectivity index (χ0n) is 16.5. The summed E-state index contributed by atoms with van der Waals surface area (Å²) < 4.78 is 31.8. The number of fused-ring (bicyclic) bond motifs is 1. The second kappa shape index (κ2) is 8.37. The largest absolute Gasteiger partial charge is 0.487 e. The van der Waals surface area contributed by atoms with Gasteiger partial charge in [0.2, 0.25) is 10.0 Å². The maximum Gasteiger partial charge on any atom is 0.229 e. The van der Waals surface area contributed by atoms with Crippen LogP contribution in [0.4, 0.5) is 5.69 Å². The van der Waals surface area contributed by atoms with E-state index < -0.39 is 10.0 Å². The zero-order chi connectivity index (χ0) is 19.5. The van der Waals surface area contributed by atoms with Gasteiger partial charge < -0.3 is 15.4 Å². The molecule has 1 unspecified atom stereocenters. The van der Waals surface area contributed by atoms with Crippen LogP contribution in [0.15, 0.2) is 18.2 Å². The van der Waals surface area contributed by atoms with E-state index in [9.17, 15) is 8.42 Å². The van der Waals surface area contributed by atoms with Gasteiger partial charge in [0.05, 0.1) is 6.26 Å². The van der Waals surface area contributed by atoms with E-state index in [1.807, 2.05) is 6.07 Å². The van der Waals surface area contributed by atoms with Crippen molar-refractivity contribution in [2.24, 2.45) is 5.73 Å². The number of unbranched alkanes of at least 4 members (excludes halogenated alkanes) is 3. The van der Waals surface area contributed by atoms with Crippen molar-refractivity contribution in [3.05, 3.63) is 23.8 Å². The molecule has 2 aliphatic rings. The Morgan fingerprint density at radius 1 is 1.26 bits per heavy atom. The fourth-order valence-electron chi connectivity index (χ4n) is 4.25. The average molecular weight is 396 g/mol. The summed E-state index contributed by atoms with van der Waals surface area (Å²) in [6.07, 6.45) is 9.11. The Hall–Kier alpha value is -1.31. The summed E-state index contributed by atoms with van der Waals surface area (Å²) in [5.74, 6) is 0.796. The van der Waals surface area contributed by atoms with E-state index in [1.165, 1.54) is 32.2 Å². The summed E-state index contributed by atoms with van der Waals surface area (Å²) >= 11 is 0. The summed E-state index contributed by atoms with van der Waals surface area (Å²) in [5, 5.41) is 0. The Balaban J connectivity index is 1.62. The normalized spacial score (nSPS) is 22.3. The van der Waals surface area contributed by atoms with E-state index >= 15 is 0 Å². The second-order valence-corrected chi connectivity index (χ2v) is 9.87. The van der Waals surface area contributed by atoms with Crippen molar-refractivity contribution < 1.29 is 13.2 Å². The molecule has 0 bridgehead atoms. The lowest BCUT2D eigenvalue weighted by atomic mass is 9.81. The highest BCUT2D eigenvalue weighted by atomic mass is 32.2. The van der Waals surface area contributed by atoms with Gasteiger partial charge in [0.1, 0.15) is 11.4 Å². The number of benzene rings is 1. The third kappa shape index (κ3) is 5.36. The van der Waals surface area contributed by atoms with E-state index in [0.29, 0.717) is 5.69 Å². The molecule has 1 aromatic carbocycles. The Morgan fingerprint density at radius 2 is 2.00 bits per heavy atom. The number of sulfonamides is 1. The molecule has 0 aromatic heterocycles. The van der Waals surface area contributed by atoms with E-state index in [4.69, 9.17) is 10.5 Å². The van der Waals surface area contributed by atoms with E-state index in [-0.39, 0.29) is 11.6 Å². The molecular weight excluding hydrogens is 362 g/mol. The van der Waals surface area contributed by atoms with Crippen LogP contribution in [-0.4, -0.2) is 44.8 Å². The van der Waals surface area contributed by atoms with Crippen molar-refractivity contribution in [2.75, 3.05) is 30.6 Å². The van der Waals surface area contributed by atoms with Gasteiger partial charge in [-0.25, -0.2) is 8.42 Å².